The summed E-state index contributed by atoms with van der Waals surface area (Å²) in [7, 11) is 0. The number of allylic oxidation sites excluding steroid dienone is 1. The molecular formula is C10H10N2. The Morgan fingerprint density at radius 3 is 3.25 bits per heavy atom. The summed E-state index contributed by atoms with van der Waals surface area (Å²) in [5.74, 6) is 0. The highest BCUT2D eigenvalue weighted by atomic mass is 14.7. The van der Waals surface area contributed by atoms with Crippen LogP contribution in [0.4, 0.5) is 0 Å². The number of nitrogens with one attached hydrogen (secondary N) is 1. The van der Waals surface area contributed by atoms with Crippen molar-refractivity contribution in [2.75, 3.05) is 0 Å². The Morgan fingerprint density at radius 1 is 1.50 bits per heavy atom. The van der Waals surface area contributed by atoms with E-state index in [4.69, 9.17) is 6.57 Å². The van der Waals surface area contributed by atoms with Gasteiger partial charge in [0.05, 0.1) is 6.57 Å². The average Bonchev–Trinajstić information content (AvgIpc) is 2.53. The van der Waals surface area contributed by atoms with Crippen LogP contribution in [-0.2, 0) is 6.42 Å². The van der Waals surface area contributed by atoms with Gasteiger partial charge in [-0.2, -0.15) is 0 Å². The van der Waals surface area contributed by atoms with Crippen molar-refractivity contribution in [1.29, 1.82) is 0 Å². The Morgan fingerprint density at radius 2 is 2.42 bits per heavy atom. The van der Waals surface area contributed by atoms with Gasteiger partial charge >= 0.3 is 0 Å². The molecule has 0 aromatic carbocycles. The highest BCUT2D eigenvalue weighted by Gasteiger charge is 2.13. The van der Waals surface area contributed by atoms with Crippen molar-refractivity contribution in [2.24, 2.45) is 0 Å². The van der Waals surface area contributed by atoms with E-state index in [1.165, 1.54) is 16.8 Å². The Kier molecular flexibility index (Phi) is 1.71. The van der Waals surface area contributed by atoms with Gasteiger partial charge in [0, 0.05) is 11.9 Å². The third-order valence-corrected chi connectivity index (χ3v) is 2.27. The second kappa shape index (κ2) is 2.86. The van der Waals surface area contributed by atoms with Gasteiger partial charge in [0.2, 0.25) is 0 Å². The molecule has 0 fully saturated rings. The Hall–Kier alpha value is -1.49. The maximum Gasteiger partial charge on any atom is 0.158 e. The molecule has 0 amide bonds. The fourth-order valence-electron chi connectivity index (χ4n) is 1.71. The van der Waals surface area contributed by atoms with Crippen molar-refractivity contribution in [2.45, 2.75) is 19.3 Å². The van der Waals surface area contributed by atoms with E-state index in [9.17, 15) is 0 Å². The highest BCUT2D eigenvalue weighted by Crippen LogP contribution is 2.29. The van der Waals surface area contributed by atoms with Gasteiger partial charge in [-0.25, -0.2) is 4.85 Å². The number of aromatic nitrogens is 1. The van der Waals surface area contributed by atoms with E-state index >= 15 is 0 Å². The first kappa shape index (κ1) is 7.17. The summed E-state index contributed by atoms with van der Waals surface area (Å²) < 4.78 is 0. The lowest BCUT2D eigenvalue weighted by molar-refractivity contribution is 0.804. The van der Waals surface area contributed by atoms with Crippen LogP contribution >= 0.6 is 0 Å². The normalized spacial score (nSPS) is 18.8. The summed E-state index contributed by atoms with van der Waals surface area (Å²) in [6.45, 7) is 6.77. The molecule has 1 aliphatic carbocycles. The summed E-state index contributed by atoms with van der Waals surface area (Å²) in [6, 6.07) is 2.06. The molecule has 2 heteroatoms. The third kappa shape index (κ3) is 1.04. The number of rotatable bonds is 0. The van der Waals surface area contributed by atoms with Crippen LogP contribution in [0.1, 0.15) is 24.1 Å². The summed E-state index contributed by atoms with van der Waals surface area (Å²) in [4.78, 5) is 6.51. The van der Waals surface area contributed by atoms with Crippen LogP contribution in [-0.4, -0.2) is 4.98 Å². The quantitative estimate of drug-likeness (QED) is 0.560. The number of aryl methyl sites for hydroxylation is 1. The fourth-order valence-corrected chi connectivity index (χ4v) is 1.71. The molecule has 1 N–H and O–H groups in total. The monoisotopic (exact) mass is 158 g/mol. The minimum atomic E-state index is 1.05. The zero-order valence-corrected chi connectivity index (χ0v) is 6.80. The first-order valence-electron chi connectivity index (χ1n) is 4.14. The molecule has 2 nitrogen and oxygen atoms in total. The van der Waals surface area contributed by atoms with Gasteiger partial charge in [-0.15, -0.1) is 0 Å². The number of H-pyrrole nitrogens is 1. The van der Waals surface area contributed by atoms with Crippen LogP contribution in [0.5, 0.6) is 0 Å². The Balaban J connectivity index is 2.46. The van der Waals surface area contributed by atoms with E-state index in [0.29, 0.717) is 0 Å². The molecule has 0 saturated heterocycles. The zero-order valence-electron chi connectivity index (χ0n) is 6.80. The van der Waals surface area contributed by atoms with E-state index < -0.39 is 0 Å². The predicted octanol–water partition coefficient (Wildman–Crippen LogP) is 2.61. The fraction of sp³-hybridized carbons (Fsp3) is 0.300. The Bertz CT molecular complexity index is 352. The summed E-state index contributed by atoms with van der Waals surface area (Å²) in [5, 5.41) is 0. The highest BCUT2D eigenvalue weighted by molar-refractivity contribution is 5.69. The molecule has 0 spiro atoms. The van der Waals surface area contributed by atoms with Crippen molar-refractivity contribution in [1.82, 2.24) is 4.98 Å². The zero-order chi connectivity index (χ0) is 8.39. The van der Waals surface area contributed by atoms with Crippen LogP contribution in [0.25, 0.3) is 10.4 Å². The van der Waals surface area contributed by atoms with Crippen LogP contribution in [0.15, 0.2) is 18.5 Å². The third-order valence-electron chi connectivity index (χ3n) is 2.27. The minimum Gasteiger partial charge on any atom is -0.365 e. The van der Waals surface area contributed by atoms with E-state index in [2.05, 4.69) is 15.9 Å². The molecule has 60 valence electrons. The number of fused-ring (bicyclic) bond motifs is 1. The molecular weight excluding hydrogens is 148 g/mol. The molecule has 1 aromatic heterocycles. The van der Waals surface area contributed by atoms with Crippen molar-refractivity contribution in [3.63, 3.8) is 0 Å². The molecule has 0 atom stereocenters. The predicted molar refractivity (Wildman–Crippen MR) is 48.3 cm³/mol. The number of hydrogen-bond donors (Lipinski definition) is 1. The standard InChI is InChI=1S/C10H10N2/c1-11-7-8-3-2-4-10-9(8)5-6-12-10/h5-7,12H,2-4H2/b8-7+. The Labute approximate surface area is 71.7 Å². The molecule has 1 heterocycles. The molecule has 2 rings (SSSR count). The number of aromatic amines is 1. The van der Waals surface area contributed by atoms with Crippen molar-refractivity contribution >= 4 is 5.57 Å². The lowest BCUT2D eigenvalue weighted by Crippen LogP contribution is -1.99. The van der Waals surface area contributed by atoms with Gasteiger partial charge in [-0.1, -0.05) is 0 Å². The molecule has 1 aliphatic rings. The maximum absolute atomic E-state index is 6.77. The van der Waals surface area contributed by atoms with Crippen molar-refractivity contribution in [3.05, 3.63) is 41.1 Å². The second-order valence-electron chi connectivity index (χ2n) is 3.01. The van der Waals surface area contributed by atoms with Crippen molar-refractivity contribution in [3.8, 4) is 0 Å². The smallest absolute Gasteiger partial charge is 0.158 e. The minimum absolute atomic E-state index is 1.05. The topological polar surface area (TPSA) is 20.1 Å². The van der Waals surface area contributed by atoms with Crippen LogP contribution in [0.2, 0.25) is 0 Å². The summed E-state index contributed by atoms with van der Waals surface area (Å²) >= 11 is 0. The van der Waals surface area contributed by atoms with Crippen LogP contribution in [0, 0.1) is 6.57 Å². The molecule has 0 unspecified atom stereocenters. The van der Waals surface area contributed by atoms with Gasteiger partial charge < -0.3 is 4.98 Å². The van der Waals surface area contributed by atoms with E-state index in [0.717, 1.165) is 19.3 Å². The van der Waals surface area contributed by atoms with Gasteiger partial charge in [0.1, 0.15) is 0 Å². The number of hydrogen-bond acceptors (Lipinski definition) is 0. The van der Waals surface area contributed by atoms with E-state index in [1.807, 2.05) is 6.20 Å². The van der Waals surface area contributed by atoms with E-state index in [1.54, 1.807) is 6.20 Å². The van der Waals surface area contributed by atoms with Crippen LogP contribution < -0.4 is 0 Å². The SMILES string of the molecule is [C-]#[N+]/C=C1\CCCc2[nH]ccc21. The lowest BCUT2D eigenvalue weighted by atomic mass is 9.93. The summed E-state index contributed by atoms with van der Waals surface area (Å²) in [5.41, 5.74) is 3.72. The van der Waals surface area contributed by atoms with Gasteiger partial charge in [0.15, 0.2) is 6.20 Å². The first-order valence-corrected chi connectivity index (χ1v) is 4.14. The molecule has 0 aliphatic heterocycles. The second-order valence-corrected chi connectivity index (χ2v) is 3.01. The summed E-state index contributed by atoms with van der Waals surface area (Å²) in [6.07, 6.45) is 6.93. The largest absolute Gasteiger partial charge is 0.365 e. The average molecular weight is 158 g/mol. The molecule has 0 saturated carbocycles. The van der Waals surface area contributed by atoms with Gasteiger partial charge in [-0.3, -0.25) is 0 Å². The molecule has 12 heavy (non-hydrogen) atoms. The van der Waals surface area contributed by atoms with Crippen LogP contribution in [0.3, 0.4) is 0 Å². The molecule has 1 aromatic rings. The lowest BCUT2D eigenvalue weighted by Gasteiger charge is -2.13. The molecule has 0 radical (unpaired) electrons. The van der Waals surface area contributed by atoms with E-state index in [-0.39, 0.29) is 0 Å². The van der Waals surface area contributed by atoms with Gasteiger partial charge in [0.25, 0.3) is 0 Å². The molecule has 0 bridgehead atoms. The van der Waals surface area contributed by atoms with Crippen molar-refractivity contribution < 1.29 is 0 Å². The number of nitrogens with zero attached hydrogens (tertiary/aromatic N) is 1. The van der Waals surface area contributed by atoms with Gasteiger partial charge in [-0.05, 0) is 36.5 Å². The first-order chi connectivity index (χ1) is 5.92. The maximum atomic E-state index is 6.77.